The van der Waals surface area contributed by atoms with E-state index in [2.05, 4.69) is 12.2 Å². The van der Waals surface area contributed by atoms with Gasteiger partial charge in [-0.2, -0.15) is 0 Å². The minimum absolute atomic E-state index is 0.149. The Morgan fingerprint density at radius 3 is 2.43 bits per heavy atom. The third kappa shape index (κ3) is 4.35. The fourth-order valence-electron chi connectivity index (χ4n) is 4.54. The van der Waals surface area contributed by atoms with Gasteiger partial charge in [-0.15, -0.1) is 0 Å². The van der Waals surface area contributed by atoms with E-state index in [1.165, 1.54) is 24.3 Å². The molecule has 2 aliphatic rings. The zero-order chi connectivity index (χ0) is 21.9. The Labute approximate surface area is 177 Å². The highest BCUT2D eigenvalue weighted by Gasteiger charge is 2.52. The average Bonchev–Trinajstić information content (AvgIpc) is 2.97. The van der Waals surface area contributed by atoms with Crippen LogP contribution in [-0.4, -0.2) is 47.3 Å². The number of hydrogen-bond donors (Lipinski definition) is 1. The lowest BCUT2D eigenvalue weighted by Crippen LogP contribution is -2.47. The lowest BCUT2D eigenvalue weighted by atomic mass is 9.84. The zero-order valence-corrected chi connectivity index (χ0v) is 18.1. The normalized spacial score (nSPS) is 26.6. The zero-order valence-electron chi connectivity index (χ0n) is 18.1. The first-order valence-electron chi connectivity index (χ1n) is 10.9. The highest BCUT2D eigenvalue weighted by atomic mass is 19.1. The Bertz CT molecular complexity index is 789. The number of rotatable bonds is 7. The van der Waals surface area contributed by atoms with Crippen molar-refractivity contribution in [3.8, 4) is 0 Å². The third-order valence-electron chi connectivity index (χ3n) is 6.64. The molecule has 1 heterocycles. The minimum Gasteiger partial charge on any atom is -0.341 e. The van der Waals surface area contributed by atoms with Crippen LogP contribution in [0.5, 0.6) is 0 Å². The van der Waals surface area contributed by atoms with Crippen molar-refractivity contribution >= 4 is 17.8 Å². The molecule has 1 atom stereocenters. The first-order valence-corrected chi connectivity index (χ1v) is 10.9. The van der Waals surface area contributed by atoms with E-state index in [1.54, 1.807) is 11.9 Å². The van der Waals surface area contributed by atoms with Crippen LogP contribution in [0.4, 0.5) is 9.18 Å². The van der Waals surface area contributed by atoms with E-state index in [0.29, 0.717) is 24.3 Å². The van der Waals surface area contributed by atoms with Gasteiger partial charge in [0.1, 0.15) is 17.9 Å². The molecule has 1 aromatic carbocycles. The molecule has 6 nitrogen and oxygen atoms in total. The van der Waals surface area contributed by atoms with Crippen LogP contribution in [0.15, 0.2) is 24.3 Å². The molecule has 0 unspecified atom stereocenters. The van der Waals surface area contributed by atoms with Gasteiger partial charge in [0.05, 0.1) is 0 Å². The van der Waals surface area contributed by atoms with E-state index in [9.17, 15) is 18.8 Å². The third-order valence-corrected chi connectivity index (χ3v) is 6.64. The average molecular weight is 418 g/mol. The monoisotopic (exact) mass is 417 g/mol. The summed E-state index contributed by atoms with van der Waals surface area (Å²) in [6.07, 6.45) is 6.01. The molecule has 1 saturated heterocycles. The van der Waals surface area contributed by atoms with Crippen LogP contribution in [0.3, 0.4) is 0 Å². The van der Waals surface area contributed by atoms with Crippen molar-refractivity contribution in [2.24, 2.45) is 5.92 Å². The summed E-state index contributed by atoms with van der Waals surface area (Å²) in [4.78, 5) is 41.7. The molecule has 0 aromatic heterocycles. The molecule has 1 aliphatic carbocycles. The first kappa shape index (κ1) is 22.2. The molecule has 3 rings (SSSR count). The Hall–Kier alpha value is -2.44. The smallest absolute Gasteiger partial charge is 0.325 e. The number of nitrogens with zero attached hydrogens (tertiary/aromatic N) is 2. The minimum atomic E-state index is -1.25. The van der Waals surface area contributed by atoms with E-state index in [4.69, 9.17) is 0 Å². The first-order chi connectivity index (χ1) is 14.3. The molecule has 1 aromatic rings. The summed E-state index contributed by atoms with van der Waals surface area (Å²) in [5.41, 5.74) is -0.708. The van der Waals surface area contributed by atoms with Gasteiger partial charge < -0.3 is 10.2 Å². The number of likely N-dealkylation sites (N-methyl/N-ethyl adjacent to an activating group) is 1. The fourth-order valence-corrected chi connectivity index (χ4v) is 4.54. The number of imide groups is 1. The molecule has 2 fully saturated rings. The number of nitrogens with one attached hydrogen (secondary N) is 1. The van der Waals surface area contributed by atoms with Gasteiger partial charge in [-0.1, -0.05) is 38.8 Å². The van der Waals surface area contributed by atoms with Gasteiger partial charge in [-0.05, 0) is 55.7 Å². The molecule has 164 valence electrons. The van der Waals surface area contributed by atoms with Crippen LogP contribution >= 0.6 is 0 Å². The Morgan fingerprint density at radius 2 is 1.83 bits per heavy atom. The van der Waals surface area contributed by atoms with Crippen molar-refractivity contribution in [2.45, 2.75) is 70.4 Å². The summed E-state index contributed by atoms with van der Waals surface area (Å²) in [6.45, 7) is 3.94. The van der Waals surface area contributed by atoms with Crippen LogP contribution in [-0.2, 0) is 15.1 Å². The molecule has 0 spiro atoms. The number of amides is 4. The second-order valence-electron chi connectivity index (χ2n) is 8.76. The number of halogens is 1. The van der Waals surface area contributed by atoms with Crippen molar-refractivity contribution in [2.75, 3.05) is 13.6 Å². The molecule has 0 radical (unpaired) electrons. The van der Waals surface area contributed by atoms with Gasteiger partial charge in [-0.3, -0.25) is 14.5 Å². The Balaban J connectivity index is 1.77. The van der Waals surface area contributed by atoms with Gasteiger partial charge in [-0.25, -0.2) is 9.18 Å². The molecule has 1 saturated carbocycles. The summed E-state index contributed by atoms with van der Waals surface area (Å²) in [5.74, 6) is -0.405. The van der Waals surface area contributed by atoms with Crippen LogP contribution in [0, 0.1) is 11.7 Å². The van der Waals surface area contributed by atoms with E-state index in [-0.39, 0.29) is 18.5 Å². The molecule has 1 aliphatic heterocycles. The Kier molecular flexibility index (Phi) is 6.78. The lowest BCUT2D eigenvalue weighted by Gasteiger charge is -2.34. The van der Waals surface area contributed by atoms with Gasteiger partial charge >= 0.3 is 6.03 Å². The van der Waals surface area contributed by atoms with Crippen LogP contribution < -0.4 is 5.32 Å². The summed E-state index contributed by atoms with van der Waals surface area (Å²) in [5, 5.41) is 2.81. The lowest BCUT2D eigenvalue weighted by molar-refractivity contribution is -0.140. The maximum absolute atomic E-state index is 13.4. The molecular weight excluding hydrogens is 385 g/mol. The van der Waals surface area contributed by atoms with Crippen LogP contribution in [0.1, 0.15) is 64.4 Å². The second kappa shape index (κ2) is 9.14. The fraction of sp³-hybridized carbons (Fsp3) is 0.609. The van der Waals surface area contributed by atoms with E-state index in [1.807, 2.05) is 6.92 Å². The molecule has 7 heteroatoms. The number of unbranched alkanes of at least 4 members (excludes halogenated alkanes) is 1. The predicted molar refractivity (Wildman–Crippen MR) is 112 cm³/mol. The SMILES string of the molecule is CCCC[C@@]1(c2ccc(F)cc2)NC(=O)N(CC(=O)N(C)C2CCC(C)CC2)C1=O. The highest BCUT2D eigenvalue weighted by molar-refractivity contribution is 6.09. The maximum Gasteiger partial charge on any atom is 0.325 e. The quantitative estimate of drug-likeness (QED) is 0.686. The van der Waals surface area contributed by atoms with Gasteiger partial charge in [0.15, 0.2) is 0 Å². The molecule has 4 amide bonds. The van der Waals surface area contributed by atoms with Gasteiger partial charge in [0.25, 0.3) is 5.91 Å². The standard InChI is InChI=1S/C23H32FN3O3/c1-4-5-14-23(17-8-10-18(24)11-9-17)21(29)27(22(30)25-23)15-20(28)26(3)19-12-6-16(2)7-13-19/h8-11,16,19H,4-7,12-15H2,1-3H3,(H,25,30)/t16?,19?,23-/m0/s1. The summed E-state index contributed by atoms with van der Waals surface area (Å²) in [7, 11) is 1.76. The van der Waals surface area contributed by atoms with E-state index < -0.39 is 23.3 Å². The van der Waals surface area contributed by atoms with Gasteiger partial charge in [0, 0.05) is 13.1 Å². The summed E-state index contributed by atoms with van der Waals surface area (Å²) >= 11 is 0. The van der Waals surface area contributed by atoms with Crippen LogP contribution in [0.2, 0.25) is 0 Å². The van der Waals surface area contributed by atoms with Crippen molar-refractivity contribution < 1.29 is 18.8 Å². The van der Waals surface area contributed by atoms with Crippen molar-refractivity contribution in [3.63, 3.8) is 0 Å². The number of benzene rings is 1. The molecular formula is C23H32FN3O3. The highest BCUT2D eigenvalue weighted by Crippen LogP contribution is 2.34. The predicted octanol–water partition coefficient (Wildman–Crippen LogP) is 3.80. The topological polar surface area (TPSA) is 69.7 Å². The molecule has 0 bridgehead atoms. The number of hydrogen-bond acceptors (Lipinski definition) is 3. The maximum atomic E-state index is 13.4. The summed E-state index contributed by atoms with van der Waals surface area (Å²) < 4.78 is 13.4. The van der Waals surface area contributed by atoms with E-state index >= 15 is 0 Å². The number of carbonyl (C=O) groups is 3. The molecule has 1 N–H and O–H groups in total. The number of urea groups is 1. The second-order valence-corrected chi connectivity index (χ2v) is 8.76. The summed E-state index contributed by atoms with van der Waals surface area (Å²) in [6, 6.07) is 5.21. The van der Waals surface area contributed by atoms with Crippen molar-refractivity contribution in [1.82, 2.24) is 15.1 Å². The van der Waals surface area contributed by atoms with E-state index in [0.717, 1.165) is 37.0 Å². The number of carbonyl (C=O) groups excluding carboxylic acids is 3. The Morgan fingerprint density at radius 1 is 1.20 bits per heavy atom. The van der Waals surface area contributed by atoms with Gasteiger partial charge in [0.2, 0.25) is 5.91 Å². The van der Waals surface area contributed by atoms with Crippen LogP contribution in [0.25, 0.3) is 0 Å². The van der Waals surface area contributed by atoms with Crippen molar-refractivity contribution in [3.05, 3.63) is 35.6 Å². The molecule has 30 heavy (non-hydrogen) atoms. The van der Waals surface area contributed by atoms with Crippen molar-refractivity contribution in [1.29, 1.82) is 0 Å². The largest absolute Gasteiger partial charge is 0.341 e.